The van der Waals surface area contributed by atoms with Crippen LogP contribution in [0.25, 0.3) is 0 Å². The molecule has 2 N–H and O–H groups in total. The van der Waals surface area contributed by atoms with Gasteiger partial charge in [0, 0.05) is 25.5 Å². The fourth-order valence-corrected chi connectivity index (χ4v) is 2.58. The van der Waals surface area contributed by atoms with Gasteiger partial charge in [0.25, 0.3) is 5.91 Å². The Hall–Kier alpha value is -1.36. The van der Waals surface area contributed by atoms with E-state index in [1.165, 1.54) is 0 Å². The number of rotatable bonds is 5. The van der Waals surface area contributed by atoms with Gasteiger partial charge >= 0.3 is 0 Å². The van der Waals surface area contributed by atoms with E-state index in [2.05, 4.69) is 51.6 Å². The number of aromatic nitrogens is 2. The molecule has 0 radical (unpaired) electrons. The first-order chi connectivity index (χ1) is 8.53. The normalized spacial score (nSPS) is 13.0. The van der Waals surface area contributed by atoms with E-state index >= 15 is 0 Å². The monoisotopic (exact) mass is 266 g/mol. The van der Waals surface area contributed by atoms with Gasteiger partial charge in [-0.1, -0.05) is 20.8 Å². The summed E-state index contributed by atoms with van der Waals surface area (Å²) in [5, 5.41) is 0. The summed E-state index contributed by atoms with van der Waals surface area (Å²) in [6, 6.07) is 0. The summed E-state index contributed by atoms with van der Waals surface area (Å²) in [5.41, 5.74) is 5.36. The Labute approximate surface area is 115 Å². The van der Waals surface area contributed by atoms with Crippen LogP contribution in [0.3, 0.4) is 0 Å². The molecule has 0 atom stereocenters. The van der Waals surface area contributed by atoms with E-state index < -0.39 is 5.91 Å². The number of carbonyl (C=O) groups excluding carboxylic acids is 1. The molecule has 1 heterocycles. The minimum absolute atomic E-state index is 0.235. The van der Waals surface area contributed by atoms with Crippen LogP contribution in [0.5, 0.6) is 0 Å². The highest BCUT2D eigenvalue weighted by atomic mass is 16.1. The summed E-state index contributed by atoms with van der Waals surface area (Å²) in [6.45, 7) is 12.6. The number of hydrogen-bond acceptors (Lipinski definition) is 3. The quantitative estimate of drug-likeness (QED) is 0.882. The highest BCUT2D eigenvalue weighted by Crippen LogP contribution is 2.21. The number of primary amides is 1. The van der Waals surface area contributed by atoms with Crippen LogP contribution in [0.1, 0.15) is 45.2 Å². The number of nitrogens with two attached hydrogens (primary N) is 1. The fraction of sp³-hybridized carbons (Fsp3) is 0.714. The van der Waals surface area contributed by atoms with Crippen molar-refractivity contribution in [3.05, 3.63) is 18.2 Å². The van der Waals surface area contributed by atoms with Crippen molar-refractivity contribution in [2.24, 2.45) is 11.1 Å². The number of nitrogens with zero attached hydrogens (tertiary/aromatic N) is 3. The number of carbonyl (C=O) groups is 1. The molecular weight excluding hydrogens is 240 g/mol. The van der Waals surface area contributed by atoms with Gasteiger partial charge in [-0.3, -0.25) is 4.79 Å². The van der Waals surface area contributed by atoms with Crippen LogP contribution in [-0.2, 0) is 5.54 Å². The predicted molar refractivity (Wildman–Crippen MR) is 77.0 cm³/mol. The first-order valence-corrected chi connectivity index (χ1v) is 6.55. The van der Waals surface area contributed by atoms with Crippen LogP contribution in [0.4, 0.5) is 0 Å². The van der Waals surface area contributed by atoms with E-state index in [9.17, 15) is 4.79 Å². The molecule has 0 aromatic carbocycles. The average Bonchev–Trinajstić information content (AvgIpc) is 2.60. The van der Waals surface area contributed by atoms with Gasteiger partial charge in [0.15, 0.2) is 5.82 Å². The fourth-order valence-electron chi connectivity index (χ4n) is 2.58. The van der Waals surface area contributed by atoms with E-state index in [0.29, 0.717) is 5.82 Å². The molecule has 5 heteroatoms. The molecule has 0 fully saturated rings. The molecule has 0 spiro atoms. The Bertz CT molecular complexity index is 443. The molecule has 0 aliphatic rings. The predicted octanol–water partition coefficient (Wildman–Crippen LogP) is 1.70. The van der Waals surface area contributed by atoms with Crippen molar-refractivity contribution < 1.29 is 4.79 Å². The molecule has 5 nitrogen and oxygen atoms in total. The highest BCUT2D eigenvalue weighted by molar-refractivity contribution is 5.89. The molecule has 0 aliphatic heterocycles. The summed E-state index contributed by atoms with van der Waals surface area (Å²) in [7, 11) is 2.09. The first kappa shape index (κ1) is 15.7. The van der Waals surface area contributed by atoms with Crippen LogP contribution in [0, 0.1) is 5.41 Å². The lowest BCUT2D eigenvalue weighted by molar-refractivity contribution is 0.0969. The zero-order chi connectivity index (χ0) is 14.8. The molecule has 1 rings (SSSR count). The Morgan fingerprint density at radius 1 is 1.32 bits per heavy atom. The van der Waals surface area contributed by atoms with Crippen molar-refractivity contribution in [2.75, 3.05) is 20.1 Å². The molecule has 108 valence electrons. The Kier molecular flexibility index (Phi) is 4.40. The molecule has 0 unspecified atom stereocenters. The molecule has 0 aliphatic carbocycles. The van der Waals surface area contributed by atoms with Crippen LogP contribution in [0.15, 0.2) is 12.4 Å². The van der Waals surface area contributed by atoms with Crippen molar-refractivity contribution in [3.63, 3.8) is 0 Å². The zero-order valence-corrected chi connectivity index (χ0v) is 12.9. The lowest BCUT2D eigenvalue weighted by Crippen LogP contribution is -2.43. The van der Waals surface area contributed by atoms with Gasteiger partial charge in [0.2, 0.25) is 0 Å². The van der Waals surface area contributed by atoms with Crippen molar-refractivity contribution in [1.29, 1.82) is 0 Å². The number of likely N-dealkylation sites (N-methyl/N-ethyl adjacent to an activating group) is 1. The third-order valence-electron chi connectivity index (χ3n) is 2.91. The van der Waals surface area contributed by atoms with E-state index in [1.807, 2.05) is 10.8 Å². The average molecular weight is 266 g/mol. The Morgan fingerprint density at radius 2 is 1.89 bits per heavy atom. The minimum Gasteiger partial charge on any atom is -0.363 e. The second kappa shape index (κ2) is 5.33. The molecule has 1 aromatic rings. The molecular formula is C14H26N4O. The van der Waals surface area contributed by atoms with E-state index in [4.69, 9.17) is 5.73 Å². The maximum atomic E-state index is 11.4. The largest absolute Gasteiger partial charge is 0.363 e. The topological polar surface area (TPSA) is 64.2 Å². The molecule has 0 saturated carbocycles. The third kappa shape index (κ3) is 4.35. The second-order valence-electron chi connectivity index (χ2n) is 7.03. The van der Waals surface area contributed by atoms with Gasteiger partial charge in [-0.2, -0.15) is 0 Å². The zero-order valence-electron chi connectivity index (χ0n) is 12.9. The lowest BCUT2D eigenvalue weighted by Gasteiger charge is -2.35. The summed E-state index contributed by atoms with van der Waals surface area (Å²) < 4.78 is 1.86. The van der Waals surface area contributed by atoms with Gasteiger partial charge in [0.1, 0.15) is 0 Å². The van der Waals surface area contributed by atoms with Crippen LogP contribution in [-0.4, -0.2) is 40.5 Å². The van der Waals surface area contributed by atoms with E-state index in [1.54, 1.807) is 6.20 Å². The molecule has 0 saturated heterocycles. The highest BCUT2D eigenvalue weighted by Gasteiger charge is 2.27. The van der Waals surface area contributed by atoms with Gasteiger partial charge in [-0.15, -0.1) is 0 Å². The Balaban J connectivity index is 2.86. The number of imidazole rings is 1. The smallest absolute Gasteiger partial charge is 0.284 e. The SMILES string of the molecule is CN(CC(C)(C)C)CC(C)(C)n1ccnc1C(N)=O. The van der Waals surface area contributed by atoms with Gasteiger partial charge < -0.3 is 15.2 Å². The number of hydrogen-bond donors (Lipinski definition) is 1. The van der Waals surface area contributed by atoms with Crippen LogP contribution >= 0.6 is 0 Å². The van der Waals surface area contributed by atoms with Gasteiger partial charge in [-0.05, 0) is 26.3 Å². The lowest BCUT2D eigenvalue weighted by atomic mass is 9.95. The summed E-state index contributed by atoms with van der Waals surface area (Å²) >= 11 is 0. The van der Waals surface area contributed by atoms with Crippen molar-refractivity contribution in [2.45, 2.75) is 40.2 Å². The second-order valence-corrected chi connectivity index (χ2v) is 7.03. The standard InChI is InChI=1S/C14H26N4O/c1-13(2,3)9-17(6)10-14(4,5)18-8-7-16-12(18)11(15)19/h7-8H,9-10H2,1-6H3,(H2,15,19). The molecule has 19 heavy (non-hydrogen) atoms. The summed E-state index contributed by atoms with van der Waals surface area (Å²) in [4.78, 5) is 17.7. The first-order valence-electron chi connectivity index (χ1n) is 6.55. The van der Waals surface area contributed by atoms with Crippen LogP contribution in [0.2, 0.25) is 0 Å². The van der Waals surface area contributed by atoms with Crippen molar-refractivity contribution in [1.82, 2.24) is 14.5 Å². The van der Waals surface area contributed by atoms with Crippen molar-refractivity contribution in [3.8, 4) is 0 Å². The van der Waals surface area contributed by atoms with E-state index in [0.717, 1.165) is 13.1 Å². The third-order valence-corrected chi connectivity index (χ3v) is 2.91. The van der Waals surface area contributed by atoms with Gasteiger partial charge in [-0.25, -0.2) is 4.98 Å². The summed E-state index contributed by atoms with van der Waals surface area (Å²) in [5.74, 6) is -0.175. The van der Waals surface area contributed by atoms with Crippen molar-refractivity contribution >= 4 is 5.91 Å². The molecule has 0 bridgehead atoms. The molecule has 1 aromatic heterocycles. The van der Waals surface area contributed by atoms with Crippen LogP contribution < -0.4 is 5.73 Å². The number of amides is 1. The van der Waals surface area contributed by atoms with E-state index in [-0.39, 0.29) is 11.0 Å². The minimum atomic E-state index is -0.489. The Morgan fingerprint density at radius 3 is 2.37 bits per heavy atom. The maximum Gasteiger partial charge on any atom is 0.284 e. The molecule has 1 amide bonds. The maximum absolute atomic E-state index is 11.4. The van der Waals surface area contributed by atoms with Gasteiger partial charge in [0.05, 0.1) is 5.54 Å². The summed E-state index contributed by atoms with van der Waals surface area (Å²) in [6.07, 6.45) is 3.43.